The fraction of sp³-hybridized carbons (Fsp3) is 0.167. The first-order chi connectivity index (χ1) is 10.2. The van der Waals surface area contributed by atoms with Gasteiger partial charge in [-0.25, -0.2) is 4.98 Å². The summed E-state index contributed by atoms with van der Waals surface area (Å²) in [5.41, 5.74) is 7.59. The molecule has 21 heavy (non-hydrogen) atoms. The SMILES string of the molecule is Cc1cc2nc3scc(Cc4ccccc4)n3c2cc1C. The van der Waals surface area contributed by atoms with Gasteiger partial charge in [-0.05, 0) is 42.7 Å². The zero-order valence-corrected chi connectivity index (χ0v) is 12.9. The molecule has 0 aliphatic rings. The first kappa shape index (κ1) is 12.6. The van der Waals surface area contributed by atoms with Gasteiger partial charge in [-0.2, -0.15) is 0 Å². The summed E-state index contributed by atoms with van der Waals surface area (Å²) >= 11 is 1.72. The Morgan fingerprint density at radius 1 is 1.05 bits per heavy atom. The summed E-state index contributed by atoms with van der Waals surface area (Å²) in [5, 5.41) is 2.23. The van der Waals surface area contributed by atoms with E-state index in [0.717, 1.165) is 16.9 Å². The summed E-state index contributed by atoms with van der Waals surface area (Å²) in [6, 6.07) is 15.1. The van der Waals surface area contributed by atoms with Gasteiger partial charge in [-0.15, -0.1) is 11.3 Å². The molecule has 2 aromatic carbocycles. The Balaban J connectivity index is 1.92. The molecule has 3 heteroatoms. The summed E-state index contributed by atoms with van der Waals surface area (Å²) in [5.74, 6) is 0. The Kier molecular flexibility index (Phi) is 2.82. The molecule has 0 radical (unpaired) electrons. The van der Waals surface area contributed by atoms with E-state index in [-0.39, 0.29) is 0 Å². The first-order valence-corrected chi connectivity index (χ1v) is 8.00. The molecule has 0 aliphatic heterocycles. The molecule has 104 valence electrons. The van der Waals surface area contributed by atoms with Gasteiger partial charge in [0.2, 0.25) is 0 Å². The minimum absolute atomic E-state index is 0.944. The molecule has 0 saturated heterocycles. The maximum Gasteiger partial charge on any atom is 0.194 e. The van der Waals surface area contributed by atoms with Gasteiger partial charge in [0.05, 0.1) is 11.0 Å². The normalized spacial score (nSPS) is 11.5. The third kappa shape index (κ3) is 2.05. The number of rotatable bonds is 2. The Morgan fingerprint density at radius 2 is 1.81 bits per heavy atom. The zero-order chi connectivity index (χ0) is 14.4. The van der Waals surface area contributed by atoms with Crippen molar-refractivity contribution in [3.8, 4) is 0 Å². The summed E-state index contributed by atoms with van der Waals surface area (Å²) in [6.07, 6.45) is 0.944. The van der Waals surface area contributed by atoms with Crippen molar-refractivity contribution >= 4 is 27.3 Å². The Morgan fingerprint density at radius 3 is 2.62 bits per heavy atom. The first-order valence-electron chi connectivity index (χ1n) is 7.12. The van der Waals surface area contributed by atoms with Crippen LogP contribution >= 0.6 is 11.3 Å². The van der Waals surface area contributed by atoms with Crippen molar-refractivity contribution in [3.05, 3.63) is 70.2 Å². The molecule has 4 rings (SSSR count). The second-order valence-corrected chi connectivity index (χ2v) is 6.38. The van der Waals surface area contributed by atoms with Gasteiger partial charge in [0.1, 0.15) is 0 Å². The topological polar surface area (TPSA) is 17.3 Å². The van der Waals surface area contributed by atoms with E-state index in [9.17, 15) is 0 Å². The maximum absolute atomic E-state index is 4.76. The third-order valence-corrected chi connectivity index (χ3v) is 4.93. The van der Waals surface area contributed by atoms with Crippen LogP contribution in [0.1, 0.15) is 22.4 Å². The molecular formula is C18H16N2S. The number of imidazole rings is 1. The predicted molar refractivity (Wildman–Crippen MR) is 89.3 cm³/mol. The minimum Gasteiger partial charge on any atom is -0.287 e. The summed E-state index contributed by atoms with van der Waals surface area (Å²) in [7, 11) is 0. The monoisotopic (exact) mass is 292 g/mol. The van der Waals surface area contributed by atoms with Crippen LogP contribution in [0.2, 0.25) is 0 Å². The van der Waals surface area contributed by atoms with Crippen LogP contribution in [0.3, 0.4) is 0 Å². The summed E-state index contributed by atoms with van der Waals surface area (Å²) in [6.45, 7) is 4.31. The number of aromatic nitrogens is 2. The van der Waals surface area contributed by atoms with E-state index < -0.39 is 0 Å². The fourth-order valence-corrected chi connectivity index (χ4v) is 3.67. The van der Waals surface area contributed by atoms with E-state index in [1.165, 1.54) is 27.9 Å². The molecule has 0 saturated carbocycles. The predicted octanol–water partition coefficient (Wildman–Crippen LogP) is 4.76. The van der Waals surface area contributed by atoms with Gasteiger partial charge in [-0.3, -0.25) is 4.40 Å². The lowest BCUT2D eigenvalue weighted by Gasteiger charge is -2.03. The molecule has 0 N–H and O–H groups in total. The van der Waals surface area contributed by atoms with Gasteiger partial charge in [0.25, 0.3) is 0 Å². The van der Waals surface area contributed by atoms with Crippen LogP contribution < -0.4 is 0 Å². The quantitative estimate of drug-likeness (QED) is 0.521. The number of fused-ring (bicyclic) bond motifs is 3. The van der Waals surface area contributed by atoms with Gasteiger partial charge >= 0.3 is 0 Å². The highest BCUT2D eigenvalue weighted by molar-refractivity contribution is 7.15. The maximum atomic E-state index is 4.76. The minimum atomic E-state index is 0.944. The molecule has 0 amide bonds. The highest BCUT2D eigenvalue weighted by Gasteiger charge is 2.12. The second kappa shape index (κ2) is 4.71. The number of nitrogens with zero attached hydrogens (tertiary/aromatic N) is 2. The largest absolute Gasteiger partial charge is 0.287 e. The smallest absolute Gasteiger partial charge is 0.194 e. The van der Waals surface area contributed by atoms with Crippen molar-refractivity contribution in [2.75, 3.05) is 0 Å². The lowest BCUT2D eigenvalue weighted by molar-refractivity contribution is 1.06. The average Bonchev–Trinajstić information content (AvgIpc) is 3.01. The van der Waals surface area contributed by atoms with Crippen molar-refractivity contribution in [2.24, 2.45) is 0 Å². The average molecular weight is 292 g/mol. The molecule has 0 unspecified atom stereocenters. The van der Waals surface area contributed by atoms with Crippen molar-refractivity contribution in [2.45, 2.75) is 20.3 Å². The molecule has 0 aliphatic carbocycles. The van der Waals surface area contributed by atoms with Gasteiger partial charge in [0.15, 0.2) is 4.96 Å². The molecule has 0 bridgehead atoms. The van der Waals surface area contributed by atoms with Crippen molar-refractivity contribution in [3.63, 3.8) is 0 Å². The van der Waals surface area contributed by atoms with E-state index in [1.54, 1.807) is 11.3 Å². The van der Waals surface area contributed by atoms with Crippen molar-refractivity contribution in [1.82, 2.24) is 9.38 Å². The molecule has 4 aromatic rings. The van der Waals surface area contributed by atoms with Crippen LogP contribution in [0.5, 0.6) is 0 Å². The summed E-state index contributed by atoms with van der Waals surface area (Å²) < 4.78 is 2.30. The van der Waals surface area contributed by atoms with Crippen LogP contribution in [0, 0.1) is 13.8 Å². The van der Waals surface area contributed by atoms with Crippen molar-refractivity contribution in [1.29, 1.82) is 0 Å². The van der Waals surface area contributed by atoms with E-state index in [0.29, 0.717) is 0 Å². The van der Waals surface area contributed by atoms with Crippen LogP contribution in [0.15, 0.2) is 47.8 Å². The Labute approximate surface area is 127 Å². The molecule has 2 heterocycles. The van der Waals surface area contributed by atoms with Gasteiger partial charge in [-0.1, -0.05) is 30.3 Å². The molecule has 2 nitrogen and oxygen atoms in total. The number of thiazole rings is 1. The van der Waals surface area contributed by atoms with Crippen LogP contribution in [0.25, 0.3) is 16.0 Å². The number of benzene rings is 2. The number of aryl methyl sites for hydroxylation is 2. The van der Waals surface area contributed by atoms with E-state index in [1.807, 2.05) is 0 Å². The molecule has 0 spiro atoms. The van der Waals surface area contributed by atoms with E-state index in [4.69, 9.17) is 4.98 Å². The highest BCUT2D eigenvalue weighted by Crippen LogP contribution is 2.27. The number of hydrogen-bond donors (Lipinski definition) is 0. The second-order valence-electron chi connectivity index (χ2n) is 5.54. The lowest BCUT2D eigenvalue weighted by Crippen LogP contribution is -1.93. The van der Waals surface area contributed by atoms with Crippen molar-refractivity contribution < 1.29 is 0 Å². The van der Waals surface area contributed by atoms with E-state index >= 15 is 0 Å². The fourth-order valence-electron chi connectivity index (χ4n) is 2.77. The molecule has 2 aromatic heterocycles. The van der Waals surface area contributed by atoms with Crippen LogP contribution in [-0.2, 0) is 6.42 Å². The summed E-state index contributed by atoms with van der Waals surface area (Å²) in [4.78, 5) is 5.85. The number of hydrogen-bond acceptors (Lipinski definition) is 2. The molecule has 0 fully saturated rings. The zero-order valence-electron chi connectivity index (χ0n) is 12.1. The Bertz CT molecular complexity index is 932. The Hall–Kier alpha value is -2.13. The third-order valence-electron chi connectivity index (χ3n) is 4.05. The standard InChI is InChI=1S/C18H16N2S/c1-12-8-16-17(9-13(12)2)20-15(11-21-18(20)19-16)10-14-6-4-3-5-7-14/h3-9,11H,10H2,1-2H3. The van der Waals surface area contributed by atoms with E-state index in [2.05, 4.69) is 66.1 Å². The van der Waals surface area contributed by atoms with Crippen LogP contribution in [0.4, 0.5) is 0 Å². The molecule has 0 atom stereocenters. The van der Waals surface area contributed by atoms with Gasteiger partial charge in [0, 0.05) is 17.5 Å². The highest BCUT2D eigenvalue weighted by atomic mass is 32.1. The van der Waals surface area contributed by atoms with Gasteiger partial charge < -0.3 is 0 Å². The lowest BCUT2D eigenvalue weighted by atomic mass is 10.1. The van der Waals surface area contributed by atoms with Crippen LogP contribution in [-0.4, -0.2) is 9.38 Å². The molecular weight excluding hydrogens is 276 g/mol.